The molecule has 206 valence electrons. The van der Waals surface area contributed by atoms with Gasteiger partial charge in [-0.25, -0.2) is 19.6 Å². The summed E-state index contributed by atoms with van der Waals surface area (Å²) in [5.74, 6) is 0.184. The van der Waals surface area contributed by atoms with Crippen molar-refractivity contribution in [2.75, 3.05) is 6.54 Å². The second-order valence-electron chi connectivity index (χ2n) is 10.7. The van der Waals surface area contributed by atoms with Crippen LogP contribution in [0.5, 0.6) is 11.5 Å². The third-order valence-corrected chi connectivity index (χ3v) is 6.41. The first-order valence-electron chi connectivity index (χ1n) is 12.9. The maximum Gasteiger partial charge on any atom is 0.429 e. The fraction of sp³-hybridized carbons (Fsp3) is 0.333. The van der Waals surface area contributed by atoms with E-state index in [1.165, 1.54) is 22.2 Å². The zero-order valence-corrected chi connectivity index (χ0v) is 22.4. The molecule has 1 saturated heterocycles. The molecule has 1 aliphatic rings. The van der Waals surface area contributed by atoms with Crippen LogP contribution in [0.15, 0.2) is 78.9 Å². The van der Waals surface area contributed by atoms with Crippen molar-refractivity contribution in [3.63, 3.8) is 0 Å². The first-order chi connectivity index (χ1) is 18.5. The van der Waals surface area contributed by atoms with Gasteiger partial charge in [0, 0.05) is 6.54 Å². The molecule has 9 nitrogen and oxygen atoms in total. The van der Waals surface area contributed by atoms with E-state index in [9.17, 15) is 24.9 Å². The van der Waals surface area contributed by atoms with E-state index < -0.39 is 29.9 Å². The Morgan fingerprint density at radius 3 is 1.92 bits per heavy atom. The zero-order chi connectivity index (χ0) is 28.2. The van der Waals surface area contributed by atoms with Crippen molar-refractivity contribution >= 4 is 12.1 Å². The van der Waals surface area contributed by atoms with E-state index in [1.54, 1.807) is 62.1 Å². The van der Waals surface area contributed by atoms with E-state index in [2.05, 4.69) is 0 Å². The average molecular weight is 534 g/mol. The number of rotatable bonds is 6. The molecule has 0 saturated carbocycles. The molecule has 0 aromatic heterocycles. The number of β-amino-alcohol motifs (C(OH)–C–C–N with tert-alkyl or cyclic N) is 1. The van der Waals surface area contributed by atoms with E-state index in [-0.39, 0.29) is 31.1 Å². The Bertz CT molecular complexity index is 1260. The summed E-state index contributed by atoms with van der Waals surface area (Å²) in [6.07, 6.45) is -1.48. The van der Waals surface area contributed by atoms with E-state index in [0.717, 1.165) is 11.1 Å². The van der Waals surface area contributed by atoms with Gasteiger partial charge in [-0.3, -0.25) is 0 Å². The van der Waals surface area contributed by atoms with Crippen LogP contribution >= 0.6 is 0 Å². The van der Waals surface area contributed by atoms with Crippen LogP contribution in [-0.4, -0.2) is 66.7 Å². The van der Waals surface area contributed by atoms with Crippen molar-refractivity contribution in [1.82, 2.24) is 14.9 Å². The van der Waals surface area contributed by atoms with Gasteiger partial charge in [-0.2, -0.15) is 0 Å². The Kier molecular flexibility index (Phi) is 8.30. The van der Waals surface area contributed by atoms with Crippen molar-refractivity contribution in [3.05, 3.63) is 95.6 Å². The highest BCUT2D eigenvalue weighted by Gasteiger charge is 2.43. The molecule has 0 spiro atoms. The van der Waals surface area contributed by atoms with Crippen LogP contribution in [0, 0.1) is 0 Å². The Labute approximate surface area is 228 Å². The molecule has 39 heavy (non-hydrogen) atoms. The maximum atomic E-state index is 14.3. The van der Waals surface area contributed by atoms with Gasteiger partial charge in [0.15, 0.2) is 0 Å². The van der Waals surface area contributed by atoms with Gasteiger partial charge >= 0.3 is 12.1 Å². The van der Waals surface area contributed by atoms with Crippen molar-refractivity contribution in [3.8, 4) is 11.5 Å². The minimum absolute atomic E-state index is 0.00914. The lowest BCUT2D eigenvalue weighted by atomic mass is 9.99. The van der Waals surface area contributed by atoms with Crippen molar-refractivity contribution in [1.29, 1.82) is 0 Å². The highest BCUT2D eigenvalue weighted by Crippen LogP contribution is 2.27. The molecule has 0 aliphatic carbocycles. The molecule has 1 fully saturated rings. The first-order valence-corrected chi connectivity index (χ1v) is 12.9. The number of aliphatic hydroxyl groups excluding tert-OH is 1. The predicted octanol–water partition coefficient (Wildman–Crippen LogP) is 4.66. The molecule has 0 unspecified atom stereocenters. The SMILES string of the molecule is CC(C)(C)OC(=O)N1C[C@@H](O)[C@@H](Cc2ccccc2)N(Cc2ccc(O)cc2)C(=O)N1Cc1ccc(O)cc1. The van der Waals surface area contributed by atoms with Crippen LogP contribution in [0.3, 0.4) is 0 Å². The van der Waals surface area contributed by atoms with Crippen LogP contribution in [0.2, 0.25) is 0 Å². The second-order valence-corrected chi connectivity index (χ2v) is 10.7. The van der Waals surface area contributed by atoms with Gasteiger partial charge < -0.3 is 25.0 Å². The van der Waals surface area contributed by atoms with Crippen LogP contribution in [0.4, 0.5) is 9.59 Å². The quantitative estimate of drug-likeness (QED) is 0.425. The molecule has 9 heteroatoms. The smallest absolute Gasteiger partial charge is 0.429 e. The van der Waals surface area contributed by atoms with Crippen molar-refractivity contribution in [2.24, 2.45) is 0 Å². The molecular formula is C30H35N3O6. The topological polar surface area (TPSA) is 114 Å². The summed E-state index contributed by atoms with van der Waals surface area (Å²) in [5.41, 5.74) is 1.54. The standard InChI is InChI=1S/C30H35N3O6/c1-30(2,3)39-29(38)33-20-27(36)26(17-21-7-5-4-6-8-21)31(18-22-9-13-24(34)14-10-22)28(37)32(33)19-23-11-15-25(35)16-12-23/h4-16,26-27,34-36H,17-20H2,1-3H3/t26-,27-/m1/s1. The average Bonchev–Trinajstić information content (AvgIpc) is 2.97. The van der Waals surface area contributed by atoms with Crippen LogP contribution in [-0.2, 0) is 24.2 Å². The third-order valence-electron chi connectivity index (χ3n) is 6.41. The fourth-order valence-electron chi connectivity index (χ4n) is 4.50. The number of benzene rings is 3. The highest BCUT2D eigenvalue weighted by atomic mass is 16.6. The molecule has 0 radical (unpaired) electrons. The first kappa shape index (κ1) is 27.8. The minimum atomic E-state index is -1.09. The minimum Gasteiger partial charge on any atom is -0.508 e. The van der Waals surface area contributed by atoms with E-state index in [4.69, 9.17) is 4.74 Å². The van der Waals surface area contributed by atoms with Gasteiger partial charge in [0.2, 0.25) is 0 Å². The zero-order valence-electron chi connectivity index (χ0n) is 22.4. The fourth-order valence-corrected chi connectivity index (χ4v) is 4.50. The van der Waals surface area contributed by atoms with E-state index >= 15 is 0 Å². The van der Waals surface area contributed by atoms with Crippen LogP contribution in [0.1, 0.15) is 37.5 Å². The largest absolute Gasteiger partial charge is 0.508 e. The normalized spacial score (nSPS) is 18.2. The Morgan fingerprint density at radius 2 is 1.38 bits per heavy atom. The number of hydrogen-bond donors (Lipinski definition) is 3. The van der Waals surface area contributed by atoms with Gasteiger partial charge in [-0.15, -0.1) is 0 Å². The molecule has 3 aromatic carbocycles. The number of hydrazine groups is 1. The number of carbonyl (C=O) groups excluding carboxylic acids is 2. The molecular weight excluding hydrogens is 498 g/mol. The van der Waals surface area contributed by atoms with E-state index in [1.807, 2.05) is 30.3 Å². The number of aromatic hydroxyl groups is 2. The van der Waals surface area contributed by atoms with Gasteiger partial charge in [0.25, 0.3) is 0 Å². The maximum absolute atomic E-state index is 14.3. The van der Waals surface area contributed by atoms with Crippen LogP contribution < -0.4 is 0 Å². The van der Waals surface area contributed by atoms with E-state index in [0.29, 0.717) is 12.0 Å². The van der Waals surface area contributed by atoms with Crippen LogP contribution in [0.25, 0.3) is 0 Å². The van der Waals surface area contributed by atoms with Gasteiger partial charge in [-0.1, -0.05) is 54.6 Å². The van der Waals surface area contributed by atoms with Gasteiger partial charge in [0.05, 0.1) is 25.2 Å². The third kappa shape index (κ3) is 7.20. The number of ether oxygens (including phenoxy) is 1. The molecule has 3 aromatic rings. The number of nitrogens with zero attached hydrogens (tertiary/aromatic N) is 3. The molecule has 1 aliphatic heterocycles. The molecule has 1 heterocycles. The van der Waals surface area contributed by atoms with Gasteiger partial charge in [0.1, 0.15) is 17.1 Å². The second kappa shape index (κ2) is 11.7. The summed E-state index contributed by atoms with van der Waals surface area (Å²) in [5, 5.41) is 33.5. The number of phenolic OH excluding ortho intramolecular Hbond substituents is 2. The monoisotopic (exact) mass is 533 g/mol. The molecule has 4 rings (SSSR count). The lowest BCUT2D eigenvalue weighted by Gasteiger charge is -2.36. The summed E-state index contributed by atoms with van der Waals surface area (Å²) >= 11 is 0. The molecule has 0 bridgehead atoms. The number of phenols is 2. The number of aliphatic hydroxyl groups is 1. The number of urea groups is 1. The summed E-state index contributed by atoms with van der Waals surface area (Å²) in [4.78, 5) is 29.3. The lowest BCUT2D eigenvalue weighted by Crippen LogP contribution is -2.53. The molecule has 3 N–H and O–H groups in total. The van der Waals surface area contributed by atoms with Crippen molar-refractivity contribution in [2.45, 2.75) is 58.0 Å². The highest BCUT2D eigenvalue weighted by molar-refractivity contribution is 5.79. The summed E-state index contributed by atoms with van der Waals surface area (Å²) in [6.45, 7) is 5.20. The lowest BCUT2D eigenvalue weighted by molar-refractivity contribution is -0.0440. The summed E-state index contributed by atoms with van der Waals surface area (Å²) in [7, 11) is 0. The summed E-state index contributed by atoms with van der Waals surface area (Å²) < 4.78 is 5.63. The Balaban J connectivity index is 1.76. The number of amides is 3. The number of carbonyl (C=O) groups is 2. The number of hydrogen-bond acceptors (Lipinski definition) is 6. The Hall–Kier alpha value is -4.24. The van der Waals surface area contributed by atoms with Gasteiger partial charge in [-0.05, 0) is 68.1 Å². The van der Waals surface area contributed by atoms with Crippen molar-refractivity contribution < 1.29 is 29.6 Å². The Morgan fingerprint density at radius 1 is 0.846 bits per heavy atom. The molecule has 2 atom stereocenters. The summed E-state index contributed by atoms with van der Waals surface area (Å²) in [6, 6.07) is 21.3. The molecule has 3 amide bonds. The predicted molar refractivity (Wildman–Crippen MR) is 146 cm³/mol.